The molecular weight excluding hydrogens is 184 g/mol. The van der Waals surface area contributed by atoms with E-state index in [9.17, 15) is 4.79 Å². The summed E-state index contributed by atoms with van der Waals surface area (Å²) in [6.07, 6.45) is 1.51. The van der Waals surface area contributed by atoms with E-state index in [1.54, 1.807) is 4.90 Å². The van der Waals surface area contributed by atoms with Crippen molar-refractivity contribution in [2.24, 2.45) is 11.1 Å². The molecule has 0 aromatic rings. The van der Waals surface area contributed by atoms with Gasteiger partial charge in [-0.2, -0.15) is 0 Å². The third-order valence-corrected chi connectivity index (χ3v) is 2.78. The lowest BCUT2D eigenvalue weighted by Crippen LogP contribution is -2.34. The summed E-state index contributed by atoms with van der Waals surface area (Å²) in [6.45, 7) is 2.38. The minimum Gasteiger partial charge on any atom is -0.411 e. The number of hydrogen-bond acceptors (Lipinski definition) is 4. The summed E-state index contributed by atoms with van der Waals surface area (Å²) in [6, 6.07) is 0. The predicted molar refractivity (Wildman–Crippen MR) is 49.3 cm³/mol. The number of likely N-dealkylation sites (tertiary alicyclic amines) is 1. The third kappa shape index (κ3) is 1.72. The number of carbonyl (C=O) groups is 1. The Labute approximate surface area is 82.3 Å². The number of oxime groups is 1. The standard InChI is InChI=1S/C9H14N2O3/c12-9(7-2-4-14-6-7)11-3-1-8(5-11)10-13/h7,13H,1-6H2/b10-8+. The second-order valence-corrected chi connectivity index (χ2v) is 3.74. The summed E-state index contributed by atoms with van der Waals surface area (Å²) < 4.78 is 5.16. The number of nitrogens with zero attached hydrogens (tertiary/aromatic N) is 2. The van der Waals surface area contributed by atoms with E-state index in [4.69, 9.17) is 9.94 Å². The van der Waals surface area contributed by atoms with Crippen LogP contribution in [0.5, 0.6) is 0 Å². The molecule has 0 bridgehead atoms. The zero-order chi connectivity index (χ0) is 9.97. The van der Waals surface area contributed by atoms with Crippen LogP contribution in [0.1, 0.15) is 12.8 Å². The van der Waals surface area contributed by atoms with Gasteiger partial charge in [0.1, 0.15) is 0 Å². The molecule has 1 N–H and O–H groups in total. The molecular formula is C9H14N2O3. The van der Waals surface area contributed by atoms with Crippen molar-refractivity contribution in [3.63, 3.8) is 0 Å². The fourth-order valence-electron chi connectivity index (χ4n) is 1.90. The van der Waals surface area contributed by atoms with E-state index in [0.717, 1.165) is 6.42 Å². The first-order chi connectivity index (χ1) is 6.81. The van der Waals surface area contributed by atoms with Crippen LogP contribution in [0, 0.1) is 5.92 Å². The van der Waals surface area contributed by atoms with Crippen LogP contribution in [-0.2, 0) is 9.53 Å². The van der Waals surface area contributed by atoms with Gasteiger partial charge in [0.2, 0.25) is 5.91 Å². The van der Waals surface area contributed by atoms with E-state index in [0.29, 0.717) is 38.4 Å². The lowest BCUT2D eigenvalue weighted by Gasteiger charge is -2.17. The molecule has 2 saturated heterocycles. The Bertz CT molecular complexity index is 259. The minimum atomic E-state index is 0.0213. The number of hydrogen-bond donors (Lipinski definition) is 1. The topological polar surface area (TPSA) is 62.1 Å². The summed E-state index contributed by atoms with van der Waals surface area (Å²) >= 11 is 0. The molecule has 0 aliphatic carbocycles. The van der Waals surface area contributed by atoms with Gasteiger partial charge in [-0.25, -0.2) is 0 Å². The molecule has 0 spiro atoms. The molecule has 1 unspecified atom stereocenters. The van der Waals surface area contributed by atoms with Gasteiger partial charge in [-0.05, 0) is 6.42 Å². The highest BCUT2D eigenvalue weighted by atomic mass is 16.5. The Kier molecular flexibility index (Phi) is 2.67. The summed E-state index contributed by atoms with van der Waals surface area (Å²) in [5, 5.41) is 11.7. The zero-order valence-corrected chi connectivity index (χ0v) is 7.98. The van der Waals surface area contributed by atoms with Crippen LogP contribution in [0.2, 0.25) is 0 Å². The quantitative estimate of drug-likeness (QED) is 0.479. The fraction of sp³-hybridized carbons (Fsp3) is 0.778. The van der Waals surface area contributed by atoms with Crippen molar-refractivity contribution in [2.75, 3.05) is 26.3 Å². The summed E-state index contributed by atoms with van der Waals surface area (Å²) in [5.74, 6) is 0.161. The first-order valence-corrected chi connectivity index (χ1v) is 4.87. The van der Waals surface area contributed by atoms with Crippen LogP contribution in [0.3, 0.4) is 0 Å². The molecule has 5 nitrogen and oxygen atoms in total. The fourth-order valence-corrected chi connectivity index (χ4v) is 1.90. The number of amides is 1. The average Bonchev–Trinajstić information content (AvgIpc) is 2.88. The first-order valence-electron chi connectivity index (χ1n) is 4.87. The molecule has 0 saturated carbocycles. The molecule has 0 radical (unpaired) electrons. The molecule has 1 atom stereocenters. The second kappa shape index (κ2) is 3.96. The van der Waals surface area contributed by atoms with E-state index < -0.39 is 0 Å². The van der Waals surface area contributed by atoms with Crippen molar-refractivity contribution in [3.05, 3.63) is 0 Å². The second-order valence-electron chi connectivity index (χ2n) is 3.74. The highest BCUT2D eigenvalue weighted by Gasteiger charge is 2.31. The van der Waals surface area contributed by atoms with Crippen molar-refractivity contribution in [1.29, 1.82) is 0 Å². The molecule has 0 aromatic carbocycles. The zero-order valence-electron chi connectivity index (χ0n) is 7.98. The smallest absolute Gasteiger partial charge is 0.228 e. The summed E-state index contributed by atoms with van der Waals surface area (Å²) in [5.41, 5.74) is 0.692. The van der Waals surface area contributed by atoms with Crippen molar-refractivity contribution in [1.82, 2.24) is 4.90 Å². The Morgan fingerprint density at radius 3 is 3.07 bits per heavy atom. The SMILES string of the molecule is O=C(C1CCOC1)N1CC/C(=N\O)C1. The number of rotatable bonds is 1. The largest absolute Gasteiger partial charge is 0.411 e. The molecule has 14 heavy (non-hydrogen) atoms. The van der Waals surface area contributed by atoms with Crippen molar-refractivity contribution >= 4 is 11.6 Å². The maximum absolute atomic E-state index is 11.8. The monoisotopic (exact) mass is 198 g/mol. The van der Waals surface area contributed by atoms with Gasteiger partial charge in [0.05, 0.1) is 24.8 Å². The van der Waals surface area contributed by atoms with Crippen molar-refractivity contribution in [3.8, 4) is 0 Å². The summed E-state index contributed by atoms with van der Waals surface area (Å²) in [4.78, 5) is 13.6. The number of carbonyl (C=O) groups excluding carboxylic acids is 1. The van der Waals surface area contributed by atoms with Gasteiger partial charge < -0.3 is 14.8 Å². The van der Waals surface area contributed by atoms with Gasteiger partial charge in [-0.1, -0.05) is 5.16 Å². The maximum atomic E-state index is 11.8. The normalized spacial score (nSPS) is 30.1. The van der Waals surface area contributed by atoms with E-state index in [2.05, 4.69) is 5.16 Å². The van der Waals surface area contributed by atoms with E-state index in [1.807, 2.05) is 0 Å². The summed E-state index contributed by atoms with van der Waals surface area (Å²) in [7, 11) is 0. The Morgan fingerprint density at radius 2 is 2.50 bits per heavy atom. The highest BCUT2D eigenvalue weighted by Crippen LogP contribution is 2.18. The van der Waals surface area contributed by atoms with Crippen LogP contribution in [0.25, 0.3) is 0 Å². The molecule has 1 amide bonds. The van der Waals surface area contributed by atoms with E-state index in [-0.39, 0.29) is 11.8 Å². The molecule has 2 fully saturated rings. The van der Waals surface area contributed by atoms with Crippen LogP contribution in [-0.4, -0.2) is 48.0 Å². The predicted octanol–water partition coefficient (Wildman–Crippen LogP) is 0.0854. The van der Waals surface area contributed by atoms with Crippen LogP contribution in [0.15, 0.2) is 5.16 Å². The van der Waals surface area contributed by atoms with Crippen LogP contribution >= 0.6 is 0 Å². The Morgan fingerprint density at radius 1 is 1.64 bits per heavy atom. The van der Waals surface area contributed by atoms with Crippen molar-refractivity contribution < 1.29 is 14.7 Å². The van der Waals surface area contributed by atoms with Crippen LogP contribution < -0.4 is 0 Å². The third-order valence-electron chi connectivity index (χ3n) is 2.78. The van der Waals surface area contributed by atoms with Gasteiger partial charge in [0.25, 0.3) is 0 Å². The van der Waals surface area contributed by atoms with Gasteiger partial charge >= 0.3 is 0 Å². The highest BCUT2D eigenvalue weighted by molar-refractivity contribution is 5.93. The maximum Gasteiger partial charge on any atom is 0.228 e. The van der Waals surface area contributed by atoms with Gasteiger partial charge in [0.15, 0.2) is 0 Å². The molecule has 2 rings (SSSR count). The van der Waals surface area contributed by atoms with E-state index >= 15 is 0 Å². The molecule has 2 aliphatic rings. The van der Waals surface area contributed by atoms with Crippen molar-refractivity contribution in [2.45, 2.75) is 12.8 Å². The van der Waals surface area contributed by atoms with Gasteiger partial charge in [-0.15, -0.1) is 0 Å². The molecule has 78 valence electrons. The van der Waals surface area contributed by atoms with Crippen LogP contribution in [0.4, 0.5) is 0 Å². The first kappa shape index (κ1) is 9.45. The Hall–Kier alpha value is -1.10. The van der Waals surface area contributed by atoms with E-state index in [1.165, 1.54) is 0 Å². The van der Waals surface area contributed by atoms with Gasteiger partial charge in [-0.3, -0.25) is 4.79 Å². The molecule has 2 heterocycles. The molecule has 5 heteroatoms. The van der Waals surface area contributed by atoms with Gasteiger partial charge in [0, 0.05) is 19.6 Å². The minimum absolute atomic E-state index is 0.0213. The average molecular weight is 198 g/mol. The Balaban J connectivity index is 1.92. The lowest BCUT2D eigenvalue weighted by molar-refractivity contribution is -0.134. The molecule has 0 aromatic heterocycles. The number of ether oxygens (including phenoxy) is 1. The lowest BCUT2D eigenvalue weighted by atomic mass is 10.1. The molecule has 2 aliphatic heterocycles.